The van der Waals surface area contributed by atoms with E-state index in [2.05, 4.69) is 5.32 Å². The number of benzene rings is 2. The number of hydrogen-bond acceptors (Lipinski definition) is 4. The molecule has 0 saturated heterocycles. The van der Waals surface area contributed by atoms with Crippen LogP contribution in [0.1, 0.15) is 10.4 Å². The Labute approximate surface area is 153 Å². The number of carbonyl (C=O) groups excluding carboxylic acids is 1. The average Bonchev–Trinajstić information content (AvgIpc) is 2.54. The second-order valence-corrected chi connectivity index (χ2v) is 8.57. The fourth-order valence-corrected chi connectivity index (χ4v) is 3.63. The first kappa shape index (κ1) is 20.3. The van der Waals surface area contributed by atoms with Gasteiger partial charge in [-0.2, -0.15) is 13.2 Å². The van der Waals surface area contributed by atoms with Gasteiger partial charge in [0, 0.05) is 24.7 Å². The van der Waals surface area contributed by atoms with Gasteiger partial charge in [-0.1, -0.05) is 18.2 Å². The molecule has 1 N–H and O–H groups in total. The van der Waals surface area contributed by atoms with Crippen LogP contribution in [0.3, 0.4) is 0 Å². The van der Waals surface area contributed by atoms with Crippen LogP contribution in [0.5, 0.6) is 0 Å². The molecular formula is C16H15F3N2O3S2. The van der Waals surface area contributed by atoms with E-state index in [4.69, 9.17) is 0 Å². The van der Waals surface area contributed by atoms with Gasteiger partial charge in [-0.25, -0.2) is 12.7 Å². The number of sulfonamides is 1. The number of thioether (sulfide) groups is 1. The largest absolute Gasteiger partial charge is 0.446 e. The summed E-state index contributed by atoms with van der Waals surface area (Å²) in [5.41, 5.74) is -4.53. The summed E-state index contributed by atoms with van der Waals surface area (Å²) < 4.78 is 63.2. The fourth-order valence-electron chi connectivity index (χ4n) is 2.01. The van der Waals surface area contributed by atoms with Gasteiger partial charge in [0.25, 0.3) is 5.91 Å². The second kappa shape index (κ2) is 7.68. The summed E-state index contributed by atoms with van der Waals surface area (Å²) in [7, 11) is -0.970. The molecule has 0 atom stereocenters. The Kier molecular flexibility index (Phi) is 5.99. The summed E-state index contributed by atoms with van der Waals surface area (Å²) in [6, 6.07) is 10.8. The van der Waals surface area contributed by atoms with Crippen LogP contribution < -0.4 is 5.32 Å². The third kappa shape index (κ3) is 4.99. The van der Waals surface area contributed by atoms with Gasteiger partial charge in [-0.3, -0.25) is 4.79 Å². The average molecular weight is 404 g/mol. The van der Waals surface area contributed by atoms with Crippen molar-refractivity contribution < 1.29 is 26.4 Å². The van der Waals surface area contributed by atoms with Crippen molar-refractivity contribution in [1.29, 1.82) is 0 Å². The predicted octanol–water partition coefficient (Wildman–Crippen LogP) is 3.80. The van der Waals surface area contributed by atoms with Crippen LogP contribution in [-0.2, 0) is 10.0 Å². The van der Waals surface area contributed by atoms with Crippen molar-refractivity contribution in [1.82, 2.24) is 4.31 Å². The molecule has 5 nitrogen and oxygen atoms in total. The first-order valence-electron chi connectivity index (χ1n) is 7.19. The van der Waals surface area contributed by atoms with Gasteiger partial charge in [-0.05, 0) is 42.1 Å². The maximum atomic E-state index is 12.6. The molecule has 0 heterocycles. The summed E-state index contributed by atoms with van der Waals surface area (Å²) in [6.45, 7) is 0. The van der Waals surface area contributed by atoms with Gasteiger partial charge >= 0.3 is 5.51 Å². The van der Waals surface area contributed by atoms with E-state index in [1.807, 2.05) is 0 Å². The van der Waals surface area contributed by atoms with Gasteiger partial charge in [0.2, 0.25) is 10.0 Å². The van der Waals surface area contributed by atoms with Crippen LogP contribution in [0.25, 0.3) is 0 Å². The molecule has 0 aliphatic carbocycles. The highest BCUT2D eigenvalue weighted by atomic mass is 32.2. The zero-order valence-electron chi connectivity index (χ0n) is 13.7. The lowest BCUT2D eigenvalue weighted by atomic mass is 10.2. The highest BCUT2D eigenvalue weighted by Gasteiger charge is 2.31. The summed E-state index contributed by atoms with van der Waals surface area (Å²) in [5.74, 6) is -0.767. The number of halogens is 3. The molecule has 140 valence electrons. The number of nitrogens with one attached hydrogen (secondary N) is 1. The van der Waals surface area contributed by atoms with Crippen molar-refractivity contribution in [3.05, 3.63) is 54.1 Å². The summed E-state index contributed by atoms with van der Waals surface area (Å²) >= 11 is -0.386. The van der Waals surface area contributed by atoms with E-state index in [0.717, 1.165) is 4.31 Å². The van der Waals surface area contributed by atoms with Gasteiger partial charge in [0.05, 0.1) is 10.5 Å². The number of rotatable bonds is 5. The number of carbonyl (C=O) groups is 1. The van der Waals surface area contributed by atoms with E-state index in [9.17, 15) is 26.4 Å². The number of anilines is 1. The molecule has 0 unspecified atom stereocenters. The van der Waals surface area contributed by atoms with Gasteiger partial charge < -0.3 is 5.32 Å². The van der Waals surface area contributed by atoms with E-state index in [-0.39, 0.29) is 32.8 Å². The zero-order chi connectivity index (χ0) is 19.5. The van der Waals surface area contributed by atoms with E-state index in [1.165, 1.54) is 62.6 Å². The molecule has 0 bridgehead atoms. The number of nitrogens with zero attached hydrogens (tertiary/aromatic N) is 1. The molecule has 0 aromatic heterocycles. The number of alkyl halides is 3. The highest BCUT2D eigenvalue weighted by Crippen LogP contribution is 2.38. The molecule has 0 radical (unpaired) electrons. The SMILES string of the molecule is CN(C)S(=O)(=O)c1cccc(NC(=O)c2ccccc2SC(F)(F)F)c1. The Balaban J connectivity index is 2.30. The molecule has 10 heteroatoms. The van der Waals surface area contributed by atoms with E-state index >= 15 is 0 Å². The molecule has 0 fully saturated rings. The van der Waals surface area contributed by atoms with Crippen molar-refractivity contribution in [2.75, 3.05) is 19.4 Å². The molecule has 1 amide bonds. The first-order chi connectivity index (χ1) is 12.0. The van der Waals surface area contributed by atoms with Crippen molar-refractivity contribution in [2.24, 2.45) is 0 Å². The molecule has 0 aliphatic heterocycles. The first-order valence-corrected chi connectivity index (χ1v) is 9.45. The molecule has 26 heavy (non-hydrogen) atoms. The van der Waals surface area contributed by atoms with Crippen LogP contribution in [0.2, 0.25) is 0 Å². The van der Waals surface area contributed by atoms with Gasteiger partial charge in [-0.15, -0.1) is 0 Å². The lowest BCUT2D eigenvalue weighted by Gasteiger charge is -2.14. The standard InChI is InChI=1S/C16H15F3N2O3S2/c1-21(2)26(23,24)12-7-5-6-11(10-12)20-15(22)13-8-3-4-9-14(13)25-16(17,18)19/h3-10H,1-2H3,(H,20,22). The minimum Gasteiger partial charge on any atom is -0.322 e. The zero-order valence-corrected chi connectivity index (χ0v) is 15.4. The summed E-state index contributed by atoms with van der Waals surface area (Å²) in [6.07, 6.45) is 0. The maximum Gasteiger partial charge on any atom is 0.446 e. The Hall–Kier alpha value is -2.04. The topological polar surface area (TPSA) is 66.5 Å². The van der Waals surface area contributed by atoms with Crippen molar-refractivity contribution in [3.8, 4) is 0 Å². The fraction of sp³-hybridized carbons (Fsp3) is 0.188. The molecule has 0 aliphatic rings. The van der Waals surface area contributed by atoms with Crippen molar-refractivity contribution in [3.63, 3.8) is 0 Å². The van der Waals surface area contributed by atoms with E-state index < -0.39 is 21.4 Å². The molecule has 2 aromatic carbocycles. The Bertz CT molecular complexity index is 913. The van der Waals surface area contributed by atoms with Crippen LogP contribution >= 0.6 is 11.8 Å². The second-order valence-electron chi connectivity index (χ2n) is 5.31. The van der Waals surface area contributed by atoms with Crippen LogP contribution in [0.4, 0.5) is 18.9 Å². The van der Waals surface area contributed by atoms with E-state index in [0.29, 0.717) is 0 Å². The highest BCUT2D eigenvalue weighted by molar-refractivity contribution is 8.00. The molecule has 2 rings (SSSR count). The lowest BCUT2D eigenvalue weighted by molar-refractivity contribution is -0.0328. The molecule has 0 saturated carbocycles. The van der Waals surface area contributed by atoms with E-state index in [1.54, 1.807) is 0 Å². The van der Waals surface area contributed by atoms with Crippen LogP contribution in [-0.4, -0.2) is 38.2 Å². The van der Waals surface area contributed by atoms with Crippen LogP contribution in [0, 0.1) is 0 Å². The molecule has 0 spiro atoms. The Morgan fingerprint density at radius 3 is 2.35 bits per heavy atom. The Morgan fingerprint density at radius 2 is 1.73 bits per heavy atom. The molecule has 2 aromatic rings. The third-order valence-electron chi connectivity index (χ3n) is 3.23. The van der Waals surface area contributed by atoms with Crippen molar-refractivity contribution in [2.45, 2.75) is 15.3 Å². The van der Waals surface area contributed by atoms with Gasteiger partial charge in [0.1, 0.15) is 0 Å². The van der Waals surface area contributed by atoms with Crippen molar-refractivity contribution >= 4 is 33.4 Å². The van der Waals surface area contributed by atoms with Gasteiger partial charge in [0.15, 0.2) is 0 Å². The summed E-state index contributed by atoms with van der Waals surface area (Å²) in [4.78, 5) is 12.1. The number of hydrogen-bond donors (Lipinski definition) is 1. The normalized spacial score (nSPS) is 12.2. The predicted molar refractivity (Wildman–Crippen MR) is 93.6 cm³/mol. The van der Waals surface area contributed by atoms with Crippen LogP contribution in [0.15, 0.2) is 58.3 Å². The third-order valence-corrected chi connectivity index (χ3v) is 5.85. The Morgan fingerprint density at radius 1 is 1.08 bits per heavy atom. The smallest absolute Gasteiger partial charge is 0.322 e. The minimum absolute atomic E-state index is 0.0433. The maximum absolute atomic E-state index is 12.6. The minimum atomic E-state index is -4.53. The summed E-state index contributed by atoms with van der Waals surface area (Å²) in [5, 5.41) is 2.43. The quantitative estimate of drug-likeness (QED) is 0.770. The monoisotopic (exact) mass is 404 g/mol. The molecular weight excluding hydrogens is 389 g/mol. The lowest BCUT2D eigenvalue weighted by Crippen LogP contribution is -2.22. The number of amides is 1.